The number of phenols is 1. The molecule has 0 aliphatic carbocycles. The molecule has 656 valence electrons. The first-order valence-corrected chi connectivity index (χ1v) is 48.1. The number of aldehydes is 2. The molecule has 0 spiro atoms. The predicted molar refractivity (Wildman–Crippen MR) is 522 cm³/mol. The standard InChI is InChI=1S/C29H35ClN2O3Si.C23H21ClN2O2.C16H15ClO3.C13H19IN2Si.C8H9ClO.C8H8O3.2CH4/c1-19(20-10-13-22(30)14-11-20)35-25-15-12-21(17-26(25)34-5)27(33)24-18-32(36(6,7)29(2,3)4)28-23(24)9-8-16-31-28;1-15(17-6-8-19(24)9-7-17)28-21-10-5-16(13-22(21)27-2)12-18-14-26-23-20(18)4-3-11-25-23;1-11(13-4-6-14(17)7-5-13)20-15-8-3-12(10-18)9-16(15)19-2;1-13(2,3)17(4,5)16-9-11(14)10-7-6-8-15-12(10)16;1-6(10)7-2-4-8(9)5-3-7;1-11-8-4-6(5-9)2-3-7(8)10;;/h8-19,27,33H,1-7H3;3-11,13-15H,12H2,1-2H3,(H,25,26);3-11H,1-2H3;6-9H,1-5H3;2-6,10H,1H3;2-5,10H,1H3;2*1H4. The van der Waals surface area contributed by atoms with Crippen molar-refractivity contribution < 1.29 is 58.1 Å². The molecule has 0 bridgehead atoms. The summed E-state index contributed by atoms with van der Waals surface area (Å²) in [5.74, 6) is 4.11. The van der Waals surface area contributed by atoms with Gasteiger partial charge in [0, 0.05) is 93.7 Å². The van der Waals surface area contributed by atoms with Crippen molar-refractivity contribution in [3.05, 3.63) is 323 Å². The van der Waals surface area contributed by atoms with E-state index in [1.807, 2.05) is 179 Å². The van der Waals surface area contributed by atoms with Crippen molar-refractivity contribution in [3.8, 4) is 46.0 Å². The zero-order valence-electron chi connectivity index (χ0n) is 72.0. The summed E-state index contributed by atoms with van der Waals surface area (Å²) in [7, 11) is 2.71. The van der Waals surface area contributed by atoms with Gasteiger partial charge in [-0.15, -0.1) is 0 Å². The molecule has 0 aliphatic rings. The molecule has 6 heterocycles. The van der Waals surface area contributed by atoms with Crippen molar-refractivity contribution in [2.75, 3.05) is 28.4 Å². The highest BCUT2D eigenvalue weighted by Gasteiger charge is 2.41. The van der Waals surface area contributed by atoms with Crippen molar-refractivity contribution >= 4 is 131 Å². The monoisotopic (exact) mass is 1900 g/mol. The van der Waals surface area contributed by atoms with Gasteiger partial charge in [0.25, 0.3) is 0 Å². The number of aliphatic hydroxyl groups is 2. The third kappa shape index (κ3) is 26.0. The van der Waals surface area contributed by atoms with E-state index in [0.29, 0.717) is 77.0 Å². The van der Waals surface area contributed by atoms with Crippen molar-refractivity contribution in [2.45, 2.75) is 157 Å². The van der Waals surface area contributed by atoms with E-state index in [4.69, 9.17) is 94.8 Å². The van der Waals surface area contributed by atoms with Gasteiger partial charge in [-0.3, -0.25) is 9.59 Å². The third-order valence-corrected chi connectivity index (χ3v) is 34.2. The van der Waals surface area contributed by atoms with Gasteiger partial charge in [0.2, 0.25) is 0 Å². The fourth-order valence-corrected chi connectivity index (χ4v) is 17.9. The maximum Gasteiger partial charge on any atom is 0.163 e. The van der Waals surface area contributed by atoms with Gasteiger partial charge in [0.1, 0.15) is 53.9 Å². The number of hydrogen-bond acceptors (Lipinski definition) is 15. The molecule has 124 heavy (non-hydrogen) atoms. The minimum Gasteiger partial charge on any atom is -0.504 e. The minimum atomic E-state index is -1.96. The highest BCUT2D eigenvalue weighted by Crippen LogP contribution is 2.44. The van der Waals surface area contributed by atoms with Gasteiger partial charge < -0.3 is 61.9 Å². The molecule has 0 saturated carbocycles. The van der Waals surface area contributed by atoms with E-state index in [9.17, 15) is 14.7 Å². The molecule has 5 atom stereocenters. The van der Waals surface area contributed by atoms with Crippen LogP contribution < -0.4 is 33.2 Å². The van der Waals surface area contributed by atoms with Crippen LogP contribution in [0.4, 0.5) is 0 Å². The Labute approximate surface area is 766 Å². The zero-order valence-corrected chi connectivity index (χ0v) is 79.2. The van der Waals surface area contributed by atoms with E-state index >= 15 is 0 Å². The van der Waals surface area contributed by atoms with Crippen LogP contribution in [0.3, 0.4) is 0 Å². The zero-order chi connectivity index (χ0) is 89.0. The number of nitrogens with zero attached hydrogens (tertiary/aromatic N) is 5. The fourth-order valence-electron chi connectivity index (χ4n) is 12.7. The lowest BCUT2D eigenvalue weighted by atomic mass is 10.0. The Morgan fingerprint density at radius 2 is 0.823 bits per heavy atom. The van der Waals surface area contributed by atoms with E-state index < -0.39 is 28.7 Å². The lowest BCUT2D eigenvalue weighted by molar-refractivity contribution is 0.111. The third-order valence-electron chi connectivity index (χ3n) is 21.9. The number of pyridine rings is 3. The predicted octanol–water partition coefficient (Wildman–Crippen LogP) is 27.4. The van der Waals surface area contributed by atoms with Crippen LogP contribution in [0, 0.1) is 3.57 Å². The molecule has 18 nitrogen and oxygen atoms in total. The number of aromatic nitrogens is 6. The molecule has 6 aromatic heterocycles. The van der Waals surface area contributed by atoms with Crippen molar-refractivity contribution in [3.63, 3.8) is 0 Å². The summed E-state index contributed by atoms with van der Waals surface area (Å²) in [5, 5.41) is 36.3. The molecule has 14 rings (SSSR count). The minimum absolute atomic E-state index is 0. The topological polar surface area (TPSA) is 224 Å². The number of hydrogen-bond donors (Lipinski definition) is 4. The molecule has 14 aromatic rings. The summed E-state index contributed by atoms with van der Waals surface area (Å²) < 4.78 is 45.5. The highest BCUT2D eigenvalue weighted by atomic mass is 127. The normalized spacial score (nSPS) is 12.4. The molecule has 0 fully saturated rings. The number of phenolic OH excluding ortho intramolecular Hbond substituents is 1. The Morgan fingerprint density at radius 1 is 0.452 bits per heavy atom. The smallest absolute Gasteiger partial charge is 0.163 e. The second-order valence-electron chi connectivity index (χ2n) is 32.1. The van der Waals surface area contributed by atoms with Gasteiger partial charge in [-0.2, -0.15) is 0 Å². The molecule has 0 amide bonds. The molecule has 0 radical (unpaired) electrons. The number of methoxy groups -OCH3 is 4. The average molecular weight is 1910 g/mol. The summed E-state index contributed by atoms with van der Waals surface area (Å²) in [6, 6.07) is 63.2. The van der Waals surface area contributed by atoms with Crippen LogP contribution in [0.15, 0.2) is 243 Å². The van der Waals surface area contributed by atoms with Crippen LogP contribution >= 0.6 is 69.0 Å². The van der Waals surface area contributed by atoms with Gasteiger partial charge >= 0.3 is 0 Å². The lowest BCUT2D eigenvalue weighted by Gasteiger charge is -2.38. The number of aliphatic hydroxyl groups excluding tert-OH is 2. The van der Waals surface area contributed by atoms with Crippen LogP contribution in [-0.2, 0) is 6.42 Å². The van der Waals surface area contributed by atoms with E-state index in [-0.39, 0.29) is 44.0 Å². The molecule has 8 aromatic carbocycles. The van der Waals surface area contributed by atoms with Crippen molar-refractivity contribution in [1.82, 2.24) is 28.4 Å². The molecule has 0 aliphatic heterocycles. The number of rotatable bonds is 22. The molecular weight excluding hydrogens is 1790 g/mol. The number of carbonyl (C=O) groups is 2. The Bertz CT molecular complexity index is 5780. The van der Waals surface area contributed by atoms with Crippen LogP contribution in [0.5, 0.6) is 46.0 Å². The number of fused-ring (bicyclic) bond motifs is 3. The largest absolute Gasteiger partial charge is 0.504 e. The number of ether oxygens (including phenoxy) is 7. The molecule has 4 N–H and O–H groups in total. The van der Waals surface area contributed by atoms with Gasteiger partial charge in [-0.1, -0.05) is 190 Å². The van der Waals surface area contributed by atoms with Gasteiger partial charge in [-0.25, -0.2) is 15.0 Å². The Balaban J connectivity index is 0.000000215. The van der Waals surface area contributed by atoms with E-state index in [2.05, 4.69) is 144 Å². The average Bonchev–Trinajstić information content (AvgIpc) is 1.60. The summed E-state index contributed by atoms with van der Waals surface area (Å²) in [6.45, 7) is 31.0. The van der Waals surface area contributed by atoms with Gasteiger partial charge in [-0.05, 0) is 251 Å². The van der Waals surface area contributed by atoms with Gasteiger partial charge in [0.05, 0.1) is 34.5 Å². The Hall–Kier alpha value is -10.2. The van der Waals surface area contributed by atoms with E-state index in [0.717, 1.165) is 85.1 Å². The van der Waals surface area contributed by atoms with E-state index in [1.165, 1.54) is 39.8 Å². The maximum absolute atomic E-state index is 11.5. The first kappa shape index (κ1) is 101. The maximum atomic E-state index is 11.5. The van der Waals surface area contributed by atoms with Crippen molar-refractivity contribution in [1.29, 1.82) is 0 Å². The second kappa shape index (κ2) is 45.6. The number of aromatic hydroxyl groups is 1. The quantitative estimate of drug-likeness (QED) is 0.0281. The summed E-state index contributed by atoms with van der Waals surface area (Å²) in [5.41, 5.74) is 11.9. The molecule has 25 heteroatoms. The van der Waals surface area contributed by atoms with Crippen LogP contribution in [0.1, 0.15) is 180 Å². The first-order valence-electron chi connectivity index (χ1n) is 39.6. The summed E-state index contributed by atoms with van der Waals surface area (Å²) >= 11 is 25.9. The summed E-state index contributed by atoms with van der Waals surface area (Å²) in [4.78, 5) is 37.9. The molecular formula is C99H115Cl4IN6O12Si2. The number of aromatic amines is 1. The SMILES string of the molecule is C.C.CC(C)(C)[Si](C)(C)n1cc(I)c2cccnc21.CC(O)c1ccc(Cl)cc1.COc1cc(C(O)c2cn([Si](C)(C)C(C)(C)C)c3ncccc23)ccc1OC(C)c1ccc(Cl)cc1.COc1cc(C=O)ccc1O.COc1cc(C=O)ccc1OC(C)c1ccc(Cl)cc1.COc1cc(Cc2c[nH]c3ncccc23)ccc1OC(C)c1ccc(Cl)cc1. The number of H-pyrrole nitrogens is 1. The molecule has 5 unspecified atom stereocenters. The van der Waals surface area contributed by atoms with Gasteiger partial charge in [0.15, 0.2) is 62.5 Å². The number of nitrogens with one attached hydrogen (secondary N) is 1. The number of carbonyl (C=O) groups excluding carboxylic acids is 2. The number of halogens is 5. The number of benzene rings is 8. The highest BCUT2D eigenvalue weighted by molar-refractivity contribution is 14.1. The van der Waals surface area contributed by atoms with Crippen LogP contribution in [-0.4, -0.2) is 101 Å². The van der Waals surface area contributed by atoms with Crippen molar-refractivity contribution in [2.24, 2.45) is 0 Å². The van der Waals surface area contributed by atoms with Crippen LogP contribution in [0.2, 0.25) is 56.4 Å². The lowest BCUT2D eigenvalue weighted by Crippen LogP contribution is -2.45. The van der Waals surface area contributed by atoms with E-state index in [1.54, 1.807) is 64.8 Å². The van der Waals surface area contributed by atoms with Crippen LogP contribution in [0.25, 0.3) is 33.1 Å². The fraction of sp³-hybridized carbons (Fsp3) is 0.283. The summed E-state index contributed by atoms with van der Waals surface area (Å²) in [6.07, 6.45) is 12.4. The Morgan fingerprint density at radius 3 is 1.27 bits per heavy atom. The second-order valence-corrected chi connectivity index (χ2v) is 45.2. The Kier molecular flexibility index (Phi) is 37.1. The first-order chi connectivity index (χ1) is 57.9. The molecule has 0 saturated heterocycles.